The van der Waals surface area contributed by atoms with E-state index in [-0.39, 0.29) is 23.3 Å². The number of aromatic hydroxyl groups is 1. The normalized spacial score (nSPS) is 11.3. The summed E-state index contributed by atoms with van der Waals surface area (Å²) in [6, 6.07) is 13.0. The third-order valence-corrected chi connectivity index (χ3v) is 6.77. The molecule has 1 aromatic heterocycles. The van der Waals surface area contributed by atoms with Crippen LogP contribution in [0.4, 0.5) is 4.79 Å². The first-order valence-corrected chi connectivity index (χ1v) is 12.6. The topological polar surface area (TPSA) is 97.9 Å². The molecular formula is C25H34N4O4S. The van der Waals surface area contributed by atoms with Gasteiger partial charge in [-0.15, -0.1) is 0 Å². The molecule has 8 nitrogen and oxygen atoms in total. The molecule has 2 aromatic carbocycles. The fraction of sp³-hybridized carbons (Fsp3) is 0.440. The second-order valence-electron chi connectivity index (χ2n) is 8.02. The first-order valence-electron chi connectivity index (χ1n) is 11.7. The van der Waals surface area contributed by atoms with Crippen LogP contribution in [0, 0.1) is 0 Å². The van der Waals surface area contributed by atoms with Gasteiger partial charge >= 0.3 is 11.0 Å². The van der Waals surface area contributed by atoms with Crippen LogP contribution in [0.3, 0.4) is 0 Å². The third-order valence-electron chi connectivity index (χ3n) is 5.81. The van der Waals surface area contributed by atoms with Gasteiger partial charge in [0, 0.05) is 32.7 Å². The van der Waals surface area contributed by atoms with Crippen molar-refractivity contribution in [3.05, 3.63) is 63.3 Å². The van der Waals surface area contributed by atoms with Gasteiger partial charge in [0.25, 0.3) is 0 Å². The number of nitrogens with zero attached hydrogens (tertiary/aromatic N) is 2. The van der Waals surface area contributed by atoms with E-state index in [1.54, 1.807) is 17.0 Å². The first-order chi connectivity index (χ1) is 16.5. The third kappa shape index (κ3) is 7.31. The number of aromatic nitrogens is 1. The fourth-order valence-electron chi connectivity index (χ4n) is 3.75. The van der Waals surface area contributed by atoms with Crippen molar-refractivity contribution in [3.8, 4) is 5.75 Å². The highest BCUT2D eigenvalue weighted by molar-refractivity contribution is 7.16. The van der Waals surface area contributed by atoms with Gasteiger partial charge in [-0.05, 0) is 36.7 Å². The van der Waals surface area contributed by atoms with Crippen molar-refractivity contribution in [1.29, 1.82) is 0 Å². The number of hydrogen-bond acceptors (Lipinski definition) is 7. The monoisotopic (exact) mass is 486 g/mol. The molecular weight excluding hydrogens is 452 g/mol. The van der Waals surface area contributed by atoms with Gasteiger partial charge in [-0.1, -0.05) is 61.6 Å². The average Bonchev–Trinajstić information content (AvgIpc) is 3.26. The largest absolute Gasteiger partial charge is 0.506 e. The zero-order chi connectivity index (χ0) is 24.3. The Morgan fingerprint density at radius 3 is 2.53 bits per heavy atom. The van der Waals surface area contributed by atoms with Gasteiger partial charge in [0.1, 0.15) is 17.9 Å². The Bertz CT molecular complexity index is 1100. The Morgan fingerprint density at radius 2 is 1.79 bits per heavy atom. The van der Waals surface area contributed by atoms with Crippen molar-refractivity contribution >= 4 is 27.6 Å². The average molecular weight is 487 g/mol. The molecule has 0 radical (unpaired) electrons. The Kier molecular flexibility index (Phi) is 9.93. The Balaban J connectivity index is 1.61. The zero-order valence-corrected chi connectivity index (χ0v) is 20.7. The van der Waals surface area contributed by atoms with Gasteiger partial charge < -0.3 is 29.9 Å². The van der Waals surface area contributed by atoms with Crippen LogP contribution in [-0.4, -0.2) is 71.8 Å². The number of phenolic OH excluding ortho intramolecular Hbond substituents is 1. The quantitative estimate of drug-likeness (QED) is 0.320. The van der Waals surface area contributed by atoms with E-state index < -0.39 is 0 Å². The summed E-state index contributed by atoms with van der Waals surface area (Å²) in [5.41, 5.74) is 2.29. The number of rotatable bonds is 13. The zero-order valence-electron chi connectivity index (χ0n) is 19.9. The lowest BCUT2D eigenvalue weighted by molar-refractivity contribution is 0.0967. The summed E-state index contributed by atoms with van der Waals surface area (Å²) in [6.45, 7) is 9.97. The van der Waals surface area contributed by atoms with E-state index in [2.05, 4.69) is 29.0 Å². The van der Waals surface area contributed by atoms with Crippen molar-refractivity contribution in [2.24, 2.45) is 0 Å². The molecule has 3 aromatic rings. The number of nitrogens with one attached hydrogen (secondary N) is 2. The van der Waals surface area contributed by atoms with E-state index in [1.807, 2.05) is 30.3 Å². The van der Waals surface area contributed by atoms with Gasteiger partial charge in [0.05, 0.1) is 4.70 Å². The number of hydrogen-bond donors (Lipinski definition) is 3. The molecule has 0 aliphatic heterocycles. The highest BCUT2D eigenvalue weighted by Gasteiger charge is 2.17. The summed E-state index contributed by atoms with van der Waals surface area (Å²) in [7, 11) is 0. The standard InChI is InChI=1S/C25H34N4O4S/c1-3-28(4-2)16-13-26-14-17-29(25(32)33-18-19-8-6-5-7-9-19)15-12-20-10-11-21(30)22-23(20)34-24(31)27-22/h5-11,26,30H,3-4,12-18H2,1-2H3,(H,27,31). The molecule has 0 aliphatic rings. The van der Waals surface area contributed by atoms with Crippen LogP contribution in [0.2, 0.25) is 0 Å². The maximum Gasteiger partial charge on any atom is 0.410 e. The number of likely N-dealkylation sites (N-methyl/N-ethyl adjacent to an activating group) is 1. The van der Waals surface area contributed by atoms with E-state index in [0.29, 0.717) is 31.6 Å². The number of ether oxygens (including phenoxy) is 1. The molecule has 0 unspecified atom stereocenters. The number of carbonyl (C=O) groups excluding carboxylic acids is 1. The van der Waals surface area contributed by atoms with Crippen molar-refractivity contribution in [1.82, 2.24) is 20.1 Å². The molecule has 0 saturated heterocycles. The van der Waals surface area contributed by atoms with E-state index >= 15 is 0 Å². The van der Waals surface area contributed by atoms with Crippen LogP contribution in [0.25, 0.3) is 10.2 Å². The minimum atomic E-state index is -0.369. The van der Waals surface area contributed by atoms with Crippen LogP contribution in [0.15, 0.2) is 47.3 Å². The van der Waals surface area contributed by atoms with Crippen LogP contribution >= 0.6 is 11.3 Å². The Morgan fingerprint density at radius 1 is 1.06 bits per heavy atom. The number of amides is 1. The van der Waals surface area contributed by atoms with Crippen LogP contribution < -0.4 is 10.2 Å². The van der Waals surface area contributed by atoms with Crippen molar-refractivity contribution < 1.29 is 14.6 Å². The maximum atomic E-state index is 12.9. The molecule has 0 fully saturated rings. The molecule has 9 heteroatoms. The molecule has 0 atom stereocenters. The summed E-state index contributed by atoms with van der Waals surface area (Å²) >= 11 is 1.07. The number of fused-ring (bicyclic) bond motifs is 1. The molecule has 0 aliphatic carbocycles. The lowest BCUT2D eigenvalue weighted by atomic mass is 10.1. The van der Waals surface area contributed by atoms with Crippen molar-refractivity contribution in [2.45, 2.75) is 26.9 Å². The molecule has 184 valence electrons. The first kappa shape index (κ1) is 25.7. The van der Waals surface area contributed by atoms with Gasteiger partial charge in [-0.3, -0.25) is 4.79 Å². The molecule has 1 amide bonds. The van der Waals surface area contributed by atoms with Gasteiger partial charge in [-0.25, -0.2) is 4.79 Å². The summed E-state index contributed by atoms with van der Waals surface area (Å²) < 4.78 is 6.30. The number of thiazole rings is 1. The van der Waals surface area contributed by atoms with Gasteiger partial charge in [0.15, 0.2) is 0 Å². The van der Waals surface area contributed by atoms with E-state index in [4.69, 9.17) is 4.74 Å². The van der Waals surface area contributed by atoms with Crippen LogP contribution in [0.1, 0.15) is 25.0 Å². The predicted molar refractivity (Wildman–Crippen MR) is 137 cm³/mol. The summed E-state index contributed by atoms with van der Waals surface area (Å²) in [4.78, 5) is 31.2. The van der Waals surface area contributed by atoms with Crippen molar-refractivity contribution in [3.63, 3.8) is 0 Å². The van der Waals surface area contributed by atoms with Gasteiger partial charge in [0.2, 0.25) is 0 Å². The van der Waals surface area contributed by atoms with E-state index in [0.717, 1.165) is 53.3 Å². The highest BCUT2D eigenvalue weighted by Crippen LogP contribution is 2.28. The minimum Gasteiger partial charge on any atom is -0.506 e. The highest BCUT2D eigenvalue weighted by atomic mass is 32.1. The molecule has 1 heterocycles. The molecule has 0 bridgehead atoms. The molecule has 0 spiro atoms. The SMILES string of the molecule is CCN(CC)CCNCCN(CCc1ccc(O)c2[nH]c(=O)sc12)C(=O)OCc1ccccc1. The summed E-state index contributed by atoms with van der Waals surface area (Å²) in [6.07, 6.45) is 0.177. The smallest absolute Gasteiger partial charge is 0.410 e. The van der Waals surface area contributed by atoms with E-state index in [1.165, 1.54) is 0 Å². The minimum absolute atomic E-state index is 0.0497. The number of phenols is 1. The number of carbonyl (C=O) groups is 1. The van der Waals surface area contributed by atoms with E-state index in [9.17, 15) is 14.7 Å². The lowest BCUT2D eigenvalue weighted by Gasteiger charge is -2.23. The Hall–Kier alpha value is -2.88. The molecule has 34 heavy (non-hydrogen) atoms. The Labute approximate surface area is 204 Å². The fourth-order valence-corrected chi connectivity index (χ4v) is 4.64. The number of H-pyrrole nitrogens is 1. The second-order valence-corrected chi connectivity index (χ2v) is 9.00. The lowest BCUT2D eigenvalue weighted by Crippen LogP contribution is -2.40. The van der Waals surface area contributed by atoms with Gasteiger partial charge in [-0.2, -0.15) is 0 Å². The maximum absolute atomic E-state index is 12.9. The predicted octanol–water partition coefficient (Wildman–Crippen LogP) is 3.41. The number of benzene rings is 2. The summed E-state index contributed by atoms with van der Waals surface area (Å²) in [5.74, 6) is 0.0497. The second kappa shape index (κ2) is 13.1. The van der Waals surface area contributed by atoms with Crippen LogP contribution in [-0.2, 0) is 17.8 Å². The molecule has 3 N–H and O–H groups in total. The van der Waals surface area contributed by atoms with Crippen LogP contribution in [0.5, 0.6) is 5.75 Å². The molecule has 3 rings (SSSR count). The number of aromatic amines is 1. The summed E-state index contributed by atoms with van der Waals surface area (Å²) in [5, 5.41) is 13.4. The molecule has 0 saturated carbocycles. The van der Waals surface area contributed by atoms with Crippen molar-refractivity contribution in [2.75, 3.05) is 45.8 Å².